The van der Waals surface area contributed by atoms with Crippen LogP contribution in [-0.2, 0) is 14.6 Å². The Morgan fingerprint density at radius 2 is 2.03 bits per heavy atom. The van der Waals surface area contributed by atoms with Gasteiger partial charge in [0.05, 0.1) is 27.8 Å². The van der Waals surface area contributed by atoms with E-state index >= 15 is 0 Å². The van der Waals surface area contributed by atoms with Crippen LogP contribution in [0.2, 0.25) is 5.02 Å². The minimum atomic E-state index is -3.77. The Hall–Kier alpha value is -2.90. The summed E-state index contributed by atoms with van der Waals surface area (Å²) in [5.41, 5.74) is 0. The van der Waals surface area contributed by atoms with Gasteiger partial charge in [-0.25, -0.2) is 8.42 Å². The molecule has 2 aromatic rings. The fraction of sp³-hybridized carbons (Fsp3) is 0.368. The van der Waals surface area contributed by atoms with E-state index in [0.29, 0.717) is 0 Å². The maximum atomic E-state index is 13.1. The minimum absolute atomic E-state index is 0.0264. The highest BCUT2D eigenvalue weighted by Crippen LogP contribution is 2.40. The Kier molecular flexibility index (Phi) is 6.74. The van der Waals surface area contributed by atoms with Crippen molar-refractivity contribution in [2.45, 2.75) is 23.0 Å². The molecule has 0 unspecified atom stereocenters. The summed E-state index contributed by atoms with van der Waals surface area (Å²) in [7, 11) is -3.77. The second kappa shape index (κ2) is 9.28. The van der Waals surface area contributed by atoms with E-state index in [1.54, 1.807) is 12.1 Å². The molecule has 1 heterocycles. The van der Waals surface area contributed by atoms with E-state index in [1.807, 2.05) is 6.07 Å². The lowest BCUT2D eigenvalue weighted by molar-refractivity contribution is -0.126. The van der Waals surface area contributed by atoms with Gasteiger partial charge in [0.2, 0.25) is 17.7 Å². The number of aromatic nitrogens is 2. The predicted octanol–water partition coefficient (Wildman–Crippen LogP) is 1.72. The number of hydrogen-bond donors (Lipinski definition) is 2. The van der Waals surface area contributed by atoms with Gasteiger partial charge in [0.15, 0.2) is 9.84 Å². The molecule has 1 amide bonds. The van der Waals surface area contributed by atoms with Gasteiger partial charge >= 0.3 is 0 Å². The molecule has 0 saturated heterocycles. The van der Waals surface area contributed by atoms with Crippen molar-refractivity contribution in [3.05, 3.63) is 41.4 Å². The van der Waals surface area contributed by atoms with Crippen LogP contribution in [0.25, 0.3) is 0 Å². The van der Waals surface area contributed by atoms with E-state index in [-0.39, 0.29) is 47.7 Å². The van der Waals surface area contributed by atoms with E-state index in [0.717, 1.165) is 0 Å². The molecule has 3 rings (SSSR count). The minimum Gasteiger partial charge on any atom is -0.492 e. The van der Waals surface area contributed by atoms with Crippen LogP contribution in [0.4, 0.5) is 0 Å². The lowest BCUT2D eigenvalue weighted by atomic mass is 9.96. The van der Waals surface area contributed by atoms with Gasteiger partial charge < -0.3 is 15.2 Å². The second-order valence-electron chi connectivity index (χ2n) is 6.85. The molecular weight excluding hydrogens is 432 g/mol. The fourth-order valence-electron chi connectivity index (χ4n) is 3.53. The summed E-state index contributed by atoms with van der Waals surface area (Å²) < 4.78 is 31.8. The Balaban J connectivity index is 1.80. The average Bonchev–Trinajstić information content (AvgIpc) is 3.17. The van der Waals surface area contributed by atoms with Crippen molar-refractivity contribution >= 4 is 27.3 Å². The molecule has 1 fully saturated rings. The molecule has 0 bridgehead atoms. The van der Waals surface area contributed by atoms with Crippen LogP contribution in [0.1, 0.15) is 12.8 Å². The zero-order valence-corrected chi connectivity index (χ0v) is 17.3. The fourth-order valence-corrected chi connectivity index (χ4v) is 5.91. The van der Waals surface area contributed by atoms with E-state index in [4.69, 9.17) is 21.6 Å². The van der Waals surface area contributed by atoms with E-state index in [1.165, 1.54) is 24.3 Å². The van der Waals surface area contributed by atoms with Crippen LogP contribution in [0.5, 0.6) is 11.8 Å². The molecule has 2 N–H and O–H groups in total. The predicted molar refractivity (Wildman–Crippen MR) is 106 cm³/mol. The summed E-state index contributed by atoms with van der Waals surface area (Å²) in [5.74, 6) is -1.62. The van der Waals surface area contributed by atoms with Gasteiger partial charge in [0.1, 0.15) is 6.54 Å². The molecule has 3 atom stereocenters. The molecule has 0 radical (unpaired) electrons. The van der Waals surface area contributed by atoms with Gasteiger partial charge in [-0.3, -0.25) is 4.79 Å². The summed E-state index contributed by atoms with van der Waals surface area (Å²) in [5, 5.41) is 26.9. The maximum absolute atomic E-state index is 13.1. The highest BCUT2D eigenvalue weighted by molar-refractivity contribution is 7.92. The number of benzene rings is 1. The number of carbonyl (C=O) groups excluding carboxylic acids is 1. The summed E-state index contributed by atoms with van der Waals surface area (Å²) in [6.45, 7) is -0.146. The number of nitrogens with zero attached hydrogens (tertiary/aromatic N) is 3. The highest BCUT2D eigenvalue weighted by atomic mass is 35.5. The number of carbonyl (C=O) groups is 1. The van der Waals surface area contributed by atoms with Crippen molar-refractivity contribution in [1.82, 2.24) is 15.5 Å². The van der Waals surface area contributed by atoms with Crippen LogP contribution in [0.15, 0.2) is 41.3 Å². The molecule has 9 nitrogen and oxygen atoms in total. The van der Waals surface area contributed by atoms with E-state index < -0.39 is 32.8 Å². The van der Waals surface area contributed by atoms with E-state index in [9.17, 15) is 18.3 Å². The SMILES string of the molecule is N#CCNC(=O)[C@@H]1C[C@H](S(=O)(=O)c2ccccc2Cl)C[C@H]1COc1ccc(O)nn1. The first kappa shape index (κ1) is 21.8. The maximum Gasteiger partial charge on any atom is 0.233 e. The molecule has 30 heavy (non-hydrogen) atoms. The number of aromatic hydroxyl groups is 1. The van der Waals surface area contributed by atoms with Crippen LogP contribution in [0, 0.1) is 23.2 Å². The van der Waals surface area contributed by atoms with Crippen LogP contribution in [0.3, 0.4) is 0 Å². The third-order valence-electron chi connectivity index (χ3n) is 4.98. The van der Waals surface area contributed by atoms with Crippen molar-refractivity contribution < 1.29 is 23.1 Å². The normalized spacial score (nSPS) is 21.0. The van der Waals surface area contributed by atoms with Gasteiger partial charge in [-0.15, -0.1) is 10.2 Å². The summed E-state index contributed by atoms with van der Waals surface area (Å²) in [4.78, 5) is 12.6. The van der Waals surface area contributed by atoms with Crippen LogP contribution < -0.4 is 10.1 Å². The quantitative estimate of drug-likeness (QED) is 0.607. The molecule has 1 saturated carbocycles. The summed E-state index contributed by atoms with van der Waals surface area (Å²) >= 11 is 6.09. The topological polar surface area (TPSA) is 142 Å². The molecule has 1 aromatic heterocycles. The smallest absolute Gasteiger partial charge is 0.233 e. The number of amides is 1. The molecule has 1 aliphatic carbocycles. The van der Waals surface area contributed by atoms with Crippen LogP contribution in [-0.4, -0.2) is 48.0 Å². The Bertz CT molecular complexity index is 1060. The average molecular weight is 451 g/mol. The number of halogens is 1. The summed E-state index contributed by atoms with van der Waals surface area (Å²) in [6, 6.07) is 10.7. The lowest BCUT2D eigenvalue weighted by Gasteiger charge is -2.18. The molecular formula is C19H19ClN4O5S. The molecule has 158 valence electrons. The molecule has 0 spiro atoms. The van der Waals surface area contributed by atoms with Gasteiger partial charge in [-0.2, -0.15) is 5.26 Å². The van der Waals surface area contributed by atoms with Crippen molar-refractivity contribution in [2.75, 3.05) is 13.2 Å². The number of sulfone groups is 1. The lowest BCUT2D eigenvalue weighted by Crippen LogP contribution is -2.34. The largest absolute Gasteiger partial charge is 0.492 e. The van der Waals surface area contributed by atoms with Crippen molar-refractivity contribution in [3.8, 4) is 17.8 Å². The molecule has 1 aromatic carbocycles. The monoisotopic (exact) mass is 450 g/mol. The van der Waals surface area contributed by atoms with Crippen molar-refractivity contribution in [3.63, 3.8) is 0 Å². The highest BCUT2D eigenvalue weighted by Gasteiger charge is 2.45. The molecule has 0 aliphatic heterocycles. The van der Waals surface area contributed by atoms with Crippen molar-refractivity contribution in [1.29, 1.82) is 5.26 Å². The van der Waals surface area contributed by atoms with Crippen LogP contribution >= 0.6 is 11.6 Å². The third kappa shape index (κ3) is 4.80. The first-order valence-corrected chi connectivity index (χ1v) is 11.0. The van der Waals surface area contributed by atoms with Gasteiger partial charge in [0.25, 0.3) is 0 Å². The van der Waals surface area contributed by atoms with Crippen molar-refractivity contribution in [2.24, 2.45) is 11.8 Å². The first-order chi connectivity index (χ1) is 14.3. The number of nitriles is 1. The Morgan fingerprint density at radius 1 is 1.27 bits per heavy atom. The number of hydrogen-bond acceptors (Lipinski definition) is 8. The first-order valence-electron chi connectivity index (χ1n) is 9.11. The van der Waals surface area contributed by atoms with Gasteiger partial charge in [-0.05, 0) is 25.0 Å². The Morgan fingerprint density at radius 3 is 2.70 bits per heavy atom. The standard InChI is InChI=1S/C19H19ClN4O5S/c20-15-3-1-2-4-16(15)30(27,28)13-9-12(14(10-13)19(26)22-8-7-21)11-29-18-6-5-17(25)23-24-18/h1-6,12-14H,8-11H2,(H,22,26)(H,23,25)/t12-,13+,14+/m0/s1. The Labute approximate surface area is 178 Å². The zero-order chi connectivity index (χ0) is 21.7. The molecule has 11 heteroatoms. The number of rotatable bonds is 7. The second-order valence-corrected chi connectivity index (χ2v) is 9.46. The van der Waals surface area contributed by atoms with Gasteiger partial charge in [0, 0.05) is 24.0 Å². The summed E-state index contributed by atoms with van der Waals surface area (Å²) in [6.07, 6.45) is 0.268. The molecule has 1 aliphatic rings. The number of ether oxygens (including phenoxy) is 1. The third-order valence-corrected chi connectivity index (χ3v) is 7.66. The van der Waals surface area contributed by atoms with Gasteiger partial charge in [-0.1, -0.05) is 23.7 Å². The zero-order valence-electron chi connectivity index (χ0n) is 15.7. The van der Waals surface area contributed by atoms with E-state index in [2.05, 4.69) is 15.5 Å². The number of nitrogens with one attached hydrogen (secondary N) is 1.